The van der Waals surface area contributed by atoms with Gasteiger partial charge in [-0.05, 0) is 11.8 Å². The van der Waals surface area contributed by atoms with E-state index in [-0.39, 0.29) is 0 Å². The fourth-order valence-corrected chi connectivity index (χ4v) is 4.66. The standard InChI is InChI=1S/C10H9S3.CH4O3S/c1-11-10-9(7-12-13-10)8-5-3-2-4-6-8;1-5(2,3)4/h2-7H,1H3;1H3,(H,2,3,4)/q+1;/p-1. The van der Waals surface area contributed by atoms with Crippen LogP contribution in [0.25, 0.3) is 11.1 Å². The summed E-state index contributed by atoms with van der Waals surface area (Å²) in [7, 11) is -0.261. The molecule has 0 bridgehead atoms. The normalized spacial score (nSPS) is 10.6. The highest BCUT2D eigenvalue weighted by atomic mass is 32.9. The quantitative estimate of drug-likeness (QED) is 0.367. The predicted molar refractivity (Wildman–Crippen MR) is 79.4 cm³/mol. The van der Waals surface area contributed by atoms with Crippen LogP contribution in [0.4, 0.5) is 0 Å². The molecule has 0 radical (unpaired) electrons. The Morgan fingerprint density at radius 2 is 1.83 bits per heavy atom. The molecular weight excluding hydrogens is 308 g/mol. The SMILES string of the molecule is CS(=O)(=O)[O-].CSc1s[s+]cc1-c1ccccc1. The molecule has 98 valence electrons. The smallest absolute Gasteiger partial charge is 0.293 e. The van der Waals surface area contributed by atoms with Gasteiger partial charge in [-0.3, -0.25) is 0 Å². The van der Waals surface area contributed by atoms with E-state index < -0.39 is 10.1 Å². The molecule has 0 saturated carbocycles. The summed E-state index contributed by atoms with van der Waals surface area (Å²) in [5.41, 5.74) is 2.70. The molecule has 0 aliphatic heterocycles. The molecule has 0 fully saturated rings. The Kier molecular flexibility index (Phi) is 6.24. The molecule has 1 aromatic carbocycles. The van der Waals surface area contributed by atoms with Crippen molar-refractivity contribution in [2.75, 3.05) is 12.5 Å². The average molecular weight is 320 g/mol. The molecule has 1 heterocycles. The molecule has 7 heteroatoms. The van der Waals surface area contributed by atoms with Crippen molar-refractivity contribution >= 4 is 42.6 Å². The van der Waals surface area contributed by atoms with Gasteiger partial charge in [-0.1, -0.05) is 30.3 Å². The van der Waals surface area contributed by atoms with E-state index in [0.29, 0.717) is 6.26 Å². The lowest BCUT2D eigenvalue weighted by Crippen LogP contribution is -1.88. The van der Waals surface area contributed by atoms with Crippen molar-refractivity contribution in [3.63, 3.8) is 0 Å². The van der Waals surface area contributed by atoms with Crippen LogP contribution in [0.1, 0.15) is 0 Å². The highest BCUT2D eigenvalue weighted by Crippen LogP contribution is 2.37. The molecule has 0 unspecified atom stereocenters. The fourth-order valence-electron chi connectivity index (χ4n) is 1.16. The minimum atomic E-state index is -3.92. The Hall–Kier alpha value is -0.470. The third-order valence-corrected chi connectivity index (χ3v) is 5.31. The molecule has 0 amide bonds. The van der Waals surface area contributed by atoms with Crippen LogP contribution < -0.4 is 0 Å². The largest absolute Gasteiger partial charge is 0.748 e. The van der Waals surface area contributed by atoms with Crippen LogP contribution >= 0.6 is 32.4 Å². The lowest BCUT2D eigenvalue weighted by molar-refractivity contribution is 0.470. The summed E-state index contributed by atoms with van der Waals surface area (Å²) in [6, 6.07) is 10.5. The van der Waals surface area contributed by atoms with E-state index in [9.17, 15) is 0 Å². The Bertz CT molecular complexity index is 567. The molecule has 0 spiro atoms. The van der Waals surface area contributed by atoms with Crippen molar-refractivity contribution in [3.8, 4) is 11.1 Å². The van der Waals surface area contributed by atoms with E-state index in [0.717, 1.165) is 0 Å². The van der Waals surface area contributed by atoms with Gasteiger partial charge < -0.3 is 4.55 Å². The van der Waals surface area contributed by atoms with Crippen molar-refractivity contribution < 1.29 is 13.0 Å². The van der Waals surface area contributed by atoms with Gasteiger partial charge in [0, 0.05) is 6.26 Å². The summed E-state index contributed by atoms with van der Waals surface area (Å²) >= 11 is 1.83. The zero-order valence-electron chi connectivity index (χ0n) is 9.82. The number of rotatable bonds is 2. The van der Waals surface area contributed by atoms with Gasteiger partial charge in [-0.15, -0.1) is 11.8 Å². The second kappa shape index (κ2) is 7.20. The second-order valence-corrected chi connectivity index (χ2v) is 7.84. The third-order valence-electron chi connectivity index (χ3n) is 1.78. The molecule has 0 atom stereocenters. The van der Waals surface area contributed by atoms with Crippen LogP contribution in [-0.4, -0.2) is 25.5 Å². The van der Waals surface area contributed by atoms with Crippen LogP contribution in [0.3, 0.4) is 0 Å². The summed E-state index contributed by atoms with van der Waals surface area (Å²) in [4.78, 5) is 0. The maximum absolute atomic E-state index is 9.08. The van der Waals surface area contributed by atoms with Crippen LogP contribution in [-0.2, 0) is 10.1 Å². The average Bonchev–Trinajstić information content (AvgIpc) is 2.76. The van der Waals surface area contributed by atoms with Gasteiger partial charge in [-0.25, -0.2) is 8.42 Å². The molecule has 0 N–H and O–H groups in total. The van der Waals surface area contributed by atoms with Crippen molar-refractivity contribution in [1.82, 2.24) is 0 Å². The van der Waals surface area contributed by atoms with E-state index in [1.54, 1.807) is 10.3 Å². The molecule has 2 aromatic rings. The van der Waals surface area contributed by atoms with Crippen molar-refractivity contribution in [2.45, 2.75) is 4.21 Å². The molecule has 0 aliphatic rings. The number of hydrogen-bond acceptors (Lipinski definition) is 5. The molecule has 18 heavy (non-hydrogen) atoms. The van der Waals surface area contributed by atoms with Crippen LogP contribution in [0, 0.1) is 0 Å². The molecular formula is C11H12O3S4. The van der Waals surface area contributed by atoms with Gasteiger partial charge in [0.05, 0.1) is 15.7 Å². The Morgan fingerprint density at radius 1 is 1.28 bits per heavy atom. The first-order chi connectivity index (χ1) is 8.42. The van der Waals surface area contributed by atoms with Gasteiger partial charge in [0.25, 0.3) is 10.3 Å². The highest BCUT2D eigenvalue weighted by Gasteiger charge is 2.13. The highest BCUT2D eigenvalue weighted by molar-refractivity contribution is 8.02. The summed E-state index contributed by atoms with van der Waals surface area (Å²) < 4.78 is 28.6. The first-order valence-electron chi connectivity index (χ1n) is 4.83. The number of benzene rings is 1. The van der Waals surface area contributed by atoms with Gasteiger partial charge in [0.2, 0.25) is 5.38 Å². The summed E-state index contributed by atoms with van der Waals surface area (Å²) in [5.74, 6) is 0. The number of thioether (sulfide) groups is 1. The zero-order valence-corrected chi connectivity index (χ0v) is 13.1. The minimum absolute atomic E-state index is 0.604. The molecule has 0 saturated heterocycles. The van der Waals surface area contributed by atoms with Crippen molar-refractivity contribution in [3.05, 3.63) is 35.7 Å². The van der Waals surface area contributed by atoms with Crippen LogP contribution in [0.15, 0.2) is 39.9 Å². The maximum Gasteiger partial charge on any atom is 0.293 e. The lowest BCUT2D eigenvalue weighted by Gasteiger charge is -1.95. The molecule has 3 nitrogen and oxygen atoms in total. The van der Waals surface area contributed by atoms with E-state index in [2.05, 4.69) is 42.0 Å². The van der Waals surface area contributed by atoms with Crippen LogP contribution in [0.5, 0.6) is 0 Å². The Balaban J connectivity index is 0.000000280. The molecule has 2 rings (SSSR count). The van der Waals surface area contributed by atoms with E-state index in [4.69, 9.17) is 13.0 Å². The van der Waals surface area contributed by atoms with Gasteiger partial charge in [-0.2, -0.15) is 0 Å². The minimum Gasteiger partial charge on any atom is -0.748 e. The summed E-state index contributed by atoms with van der Waals surface area (Å²) in [6.07, 6.45) is 2.73. The van der Waals surface area contributed by atoms with Gasteiger partial charge in [0.1, 0.15) is 4.21 Å². The first-order valence-corrected chi connectivity index (χ1v) is 10.1. The second-order valence-electron chi connectivity index (χ2n) is 3.27. The summed E-state index contributed by atoms with van der Waals surface area (Å²) in [5, 5.41) is 2.23. The fraction of sp³-hybridized carbons (Fsp3) is 0.182. The maximum atomic E-state index is 9.08. The van der Waals surface area contributed by atoms with Gasteiger partial charge >= 0.3 is 0 Å². The van der Waals surface area contributed by atoms with Gasteiger partial charge in [0.15, 0.2) is 10.3 Å². The molecule has 0 aliphatic carbocycles. The Labute approximate surface area is 119 Å². The monoisotopic (exact) mass is 320 g/mol. The molecule has 1 aromatic heterocycles. The van der Waals surface area contributed by atoms with E-state index >= 15 is 0 Å². The third kappa shape index (κ3) is 5.92. The van der Waals surface area contributed by atoms with Crippen molar-refractivity contribution in [1.29, 1.82) is 0 Å². The Morgan fingerprint density at radius 3 is 2.33 bits per heavy atom. The number of hydrogen-bond donors (Lipinski definition) is 0. The predicted octanol–water partition coefficient (Wildman–Crippen LogP) is 3.64. The zero-order chi connectivity index (χ0) is 13.6. The van der Waals surface area contributed by atoms with E-state index in [1.807, 2.05) is 22.1 Å². The topological polar surface area (TPSA) is 57.2 Å². The summed E-state index contributed by atoms with van der Waals surface area (Å²) in [6.45, 7) is 0. The lowest BCUT2D eigenvalue weighted by atomic mass is 10.1. The van der Waals surface area contributed by atoms with Crippen LogP contribution in [0.2, 0.25) is 0 Å². The van der Waals surface area contributed by atoms with Crippen molar-refractivity contribution in [2.24, 2.45) is 0 Å². The van der Waals surface area contributed by atoms with E-state index in [1.165, 1.54) is 15.3 Å². The first kappa shape index (κ1) is 15.6.